The van der Waals surface area contributed by atoms with Crippen molar-refractivity contribution in [2.45, 2.75) is 39.7 Å². The highest BCUT2D eigenvalue weighted by Crippen LogP contribution is 2.41. The number of amides is 1. The van der Waals surface area contributed by atoms with Crippen LogP contribution in [0.2, 0.25) is 0 Å². The van der Waals surface area contributed by atoms with E-state index in [0.29, 0.717) is 17.8 Å². The van der Waals surface area contributed by atoms with Gasteiger partial charge in [-0.05, 0) is 50.0 Å². The van der Waals surface area contributed by atoms with Crippen molar-refractivity contribution in [3.63, 3.8) is 0 Å². The molecule has 2 fully saturated rings. The molecule has 30 heavy (non-hydrogen) atoms. The molecule has 0 radical (unpaired) electrons. The average molecular weight is 408 g/mol. The summed E-state index contributed by atoms with van der Waals surface area (Å²) in [4.78, 5) is 21.4. The SMILES string of the molecule is CC(C)COc1ccccc1CN1CCC2(CC1)CN(C(=O)Cc1ccccn1)C2. The molecule has 5 heteroatoms. The Hall–Kier alpha value is -2.40. The molecule has 0 unspecified atom stereocenters. The van der Waals surface area contributed by atoms with Crippen molar-refractivity contribution in [2.75, 3.05) is 32.8 Å². The Morgan fingerprint density at radius 3 is 2.53 bits per heavy atom. The van der Waals surface area contributed by atoms with E-state index < -0.39 is 0 Å². The van der Waals surface area contributed by atoms with Gasteiger partial charge in [-0.2, -0.15) is 0 Å². The Kier molecular flexibility index (Phi) is 6.38. The third-order valence-electron chi connectivity index (χ3n) is 6.32. The molecule has 0 aliphatic carbocycles. The molecule has 0 atom stereocenters. The van der Waals surface area contributed by atoms with E-state index in [1.54, 1.807) is 6.20 Å². The molecule has 5 nitrogen and oxygen atoms in total. The standard InChI is InChI=1S/C25H33N3O2/c1-20(2)17-30-23-9-4-3-7-21(23)16-27-13-10-25(11-14-27)18-28(19-25)24(29)15-22-8-5-6-12-26-22/h3-9,12,20H,10-11,13-19H2,1-2H3. The maximum atomic E-state index is 12.5. The van der Waals surface area contributed by atoms with Crippen LogP contribution in [0.25, 0.3) is 0 Å². The number of aromatic nitrogens is 1. The van der Waals surface area contributed by atoms with E-state index in [-0.39, 0.29) is 5.91 Å². The summed E-state index contributed by atoms with van der Waals surface area (Å²) in [5.74, 6) is 1.74. The predicted molar refractivity (Wildman–Crippen MR) is 118 cm³/mol. The van der Waals surface area contributed by atoms with Crippen LogP contribution in [0.5, 0.6) is 5.75 Å². The molecule has 0 N–H and O–H groups in total. The van der Waals surface area contributed by atoms with E-state index in [0.717, 1.165) is 63.6 Å². The number of hydrogen-bond acceptors (Lipinski definition) is 4. The number of pyridine rings is 1. The molecule has 4 rings (SSSR count). The van der Waals surface area contributed by atoms with E-state index in [4.69, 9.17) is 4.74 Å². The maximum absolute atomic E-state index is 12.5. The van der Waals surface area contributed by atoms with Crippen LogP contribution >= 0.6 is 0 Å². The normalized spacial score (nSPS) is 18.4. The van der Waals surface area contributed by atoms with Gasteiger partial charge in [-0.25, -0.2) is 0 Å². The smallest absolute Gasteiger partial charge is 0.228 e. The topological polar surface area (TPSA) is 45.7 Å². The van der Waals surface area contributed by atoms with Gasteiger partial charge in [0.2, 0.25) is 5.91 Å². The molecular weight excluding hydrogens is 374 g/mol. The minimum Gasteiger partial charge on any atom is -0.493 e. The molecule has 1 spiro atoms. The second-order valence-electron chi connectivity index (χ2n) is 9.34. The molecule has 0 saturated carbocycles. The Labute approximate surface area is 180 Å². The number of rotatable bonds is 7. The molecule has 2 aliphatic heterocycles. The third kappa shape index (κ3) is 5.01. The van der Waals surface area contributed by atoms with Crippen molar-refractivity contribution in [1.82, 2.24) is 14.8 Å². The average Bonchev–Trinajstić information content (AvgIpc) is 2.73. The second-order valence-corrected chi connectivity index (χ2v) is 9.34. The molecule has 0 bridgehead atoms. The van der Waals surface area contributed by atoms with Gasteiger partial charge < -0.3 is 9.64 Å². The van der Waals surface area contributed by atoms with Crippen LogP contribution in [0.1, 0.15) is 37.9 Å². The third-order valence-corrected chi connectivity index (χ3v) is 6.32. The van der Waals surface area contributed by atoms with Gasteiger partial charge >= 0.3 is 0 Å². The largest absolute Gasteiger partial charge is 0.493 e. The van der Waals surface area contributed by atoms with Crippen LogP contribution in [0.3, 0.4) is 0 Å². The fourth-order valence-corrected chi connectivity index (χ4v) is 4.48. The van der Waals surface area contributed by atoms with Crippen LogP contribution < -0.4 is 4.74 Å². The van der Waals surface area contributed by atoms with Crippen molar-refractivity contribution in [3.05, 3.63) is 59.9 Å². The van der Waals surface area contributed by atoms with Gasteiger partial charge in [-0.15, -0.1) is 0 Å². The summed E-state index contributed by atoms with van der Waals surface area (Å²) in [6.07, 6.45) is 4.49. The van der Waals surface area contributed by atoms with Crippen molar-refractivity contribution < 1.29 is 9.53 Å². The molecule has 2 saturated heterocycles. The first kappa shape index (κ1) is 20.9. The van der Waals surface area contributed by atoms with E-state index >= 15 is 0 Å². The Morgan fingerprint density at radius 1 is 1.10 bits per heavy atom. The maximum Gasteiger partial charge on any atom is 0.228 e. The molecule has 2 aliphatic rings. The van der Waals surface area contributed by atoms with Crippen LogP contribution in [0.15, 0.2) is 48.7 Å². The highest BCUT2D eigenvalue weighted by molar-refractivity contribution is 5.79. The van der Waals surface area contributed by atoms with Gasteiger partial charge in [0, 0.05) is 42.5 Å². The summed E-state index contributed by atoms with van der Waals surface area (Å²) < 4.78 is 6.03. The lowest BCUT2D eigenvalue weighted by Gasteiger charge is -2.54. The number of benzene rings is 1. The lowest BCUT2D eigenvalue weighted by molar-refractivity contribution is -0.146. The molecule has 1 aromatic heterocycles. The van der Waals surface area contributed by atoms with Gasteiger partial charge in [-0.1, -0.05) is 38.1 Å². The minimum absolute atomic E-state index is 0.206. The van der Waals surface area contributed by atoms with Gasteiger partial charge in [-0.3, -0.25) is 14.7 Å². The summed E-state index contributed by atoms with van der Waals surface area (Å²) >= 11 is 0. The summed E-state index contributed by atoms with van der Waals surface area (Å²) in [5.41, 5.74) is 2.45. The van der Waals surface area contributed by atoms with E-state index in [1.165, 1.54) is 5.56 Å². The quantitative estimate of drug-likeness (QED) is 0.701. The number of nitrogens with zero attached hydrogens (tertiary/aromatic N) is 3. The summed E-state index contributed by atoms with van der Waals surface area (Å²) in [6, 6.07) is 14.2. The number of ether oxygens (including phenoxy) is 1. The summed E-state index contributed by atoms with van der Waals surface area (Å²) in [7, 11) is 0. The lowest BCUT2D eigenvalue weighted by atomic mass is 9.72. The number of carbonyl (C=O) groups is 1. The van der Waals surface area contributed by atoms with Gasteiger partial charge in [0.25, 0.3) is 0 Å². The first-order valence-corrected chi connectivity index (χ1v) is 11.1. The van der Waals surface area contributed by atoms with Crippen molar-refractivity contribution >= 4 is 5.91 Å². The molecule has 1 aromatic carbocycles. The van der Waals surface area contributed by atoms with Crippen LogP contribution in [0, 0.1) is 11.3 Å². The van der Waals surface area contributed by atoms with E-state index in [1.807, 2.05) is 23.1 Å². The fourth-order valence-electron chi connectivity index (χ4n) is 4.48. The number of piperidine rings is 1. The van der Waals surface area contributed by atoms with Gasteiger partial charge in [0.05, 0.1) is 13.0 Å². The van der Waals surface area contributed by atoms with Crippen LogP contribution in [-0.2, 0) is 17.8 Å². The van der Waals surface area contributed by atoms with Crippen molar-refractivity contribution in [3.8, 4) is 5.75 Å². The monoisotopic (exact) mass is 407 g/mol. The molecular formula is C25H33N3O2. The van der Waals surface area contributed by atoms with Crippen molar-refractivity contribution in [2.24, 2.45) is 11.3 Å². The van der Waals surface area contributed by atoms with Crippen molar-refractivity contribution in [1.29, 1.82) is 0 Å². The molecule has 160 valence electrons. The first-order valence-electron chi connectivity index (χ1n) is 11.1. The Balaban J connectivity index is 1.25. The fraction of sp³-hybridized carbons (Fsp3) is 0.520. The molecule has 3 heterocycles. The number of likely N-dealkylation sites (tertiary alicyclic amines) is 2. The minimum atomic E-state index is 0.206. The molecule has 1 amide bonds. The van der Waals surface area contributed by atoms with Crippen LogP contribution in [-0.4, -0.2) is 53.5 Å². The number of para-hydroxylation sites is 1. The lowest BCUT2D eigenvalue weighted by Crippen LogP contribution is -2.62. The zero-order valence-corrected chi connectivity index (χ0v) is 18.2. The van der Waals surface area contributed by atoms with Gasteiger partial charge in [0.15, 0.2) is 0 Å². The predicted octanol–water partition coefficient (Wildman–Crippen LogP) is 3.78. The van der Waals surface area contributed by atoms with E-state index in [2.05, 4.69) is 48.0 Å². The Morgan fingerprint density at radius 2 is 1.83 bits per heavy atom. The summed E-state index contributed by atoms with van der Waals surface area (Å²) in [6.45, 7) is 10.0. The first-order chi connectivity index (χ1) is 14.5. The highest BCUT2D eigenvalue weighted by atomic mass is 16.5. The summed E-state index contributed by atoms with van der Waals surface area (Å²) in [5, 5.41) is 0. The van der Waals surface area contributed by atoms with Crippen LogP contribution in [0.4, 0.5) is 0 Å². The highest BCUT2D eigenvalue weighted by Gasteiger charge is 2.46. The second kappa shape index (κ2) is 9.17. The number of hydrogen-bond donors (Lipinski definition) is 0. The Bertz CT molecular complexity index is 836. The van der Waals surface area contributed by atoms with E-state index in [9.17, 15) is 4.79 Å². The zero-order chi connectivity index (χ0) is 21.0. The zero-order valence-electron chi connectivity index (χ0n) is 18.2. The number of carbonyl (C=O) groups excluding carboxylic acids is 1. The molecule has 2 aromatic rings. The van der Waals surface area contributed by atoms with Gasteiger partial charge in [0.1, 0.15) is 5.75 Å².